The van der Waals surface area contributed by atoms with Gasteiger partial charge in [-0.1, -0.05) is 42.8 Å². The summed E-state index contributed by atoms with van der Waals surface area (Å²) in [6, 6.07) is 13.4. The van der Waals surface area contributed by atoms with E-state index in [-0.39, 0.29) is 11.8 Å². The van der Waals surface area contributed by atoms with Gasteiger partial charge in [-0.15, -0.1) is 0 Å². The number of amides is 2. The number of aryl methyl sites for hydroxylation is 2. The second-order valence-corrected chi connectivity index (χ2v) is 8.38. The van der Waals surface area contributed by atoms with Crippen molar-refractivity contribution in [2.75, 3.05) is 25.1 Å². The highest BCUT2D eigenvalue weighted by Crippen LogP contribution is 2.40. The predicted octanol–water partition coefficient (Wildman–Crippen LogP) is 4.33. The first kappa shape index (κ1) is 20.2. The van der Waals surface area contributed by atoms with Crippen LogP contribution in [0.25, 0.3) is 5.57 Å². The first-order chi connectivity index (χ1) is 14.4. The summed E-state index contributed by atoms with van der Waals surface area (Å²) in [6.45, 7) is 7.75. The zero-order valence-electron chi connectivity index (χ0n) is 18.1. The highest BCUT2D eigenvalue weighted by atomic mass is 16.5. The van der Waals surface area contributed by atoms with Crippen LogP contribution in [0, 0.1) is 19.8 Å². The van der Waals surface area contributed by atoms with Gasteiger partial charge in [0, 0.05) is 13.1 Å². The number of carbonyl (C=O) groups excluding carboxylic acids is 2. The van der Waals surface area contributed by atoms with E-state index in [0.29, 0.717) is 28.6 Å². The molecular weight excluding hydrogens is 376 g/mol. The van der Waals surface area contributed by atoms with Gasteiger partial charge in [0.2, 0.25) is 0 Å². The highest BCUT2D eigenvalue weighted by molar-refractivity contribution is 6.45. The molecule has 0 N–H and O–H groups in total. The summed E-state index contributed by atoms with van der Waals surface area (Å²) >= 11 is 0. The minimum Gasteiger partial charge on any atom is -0.495 e. The van der Waals surface area contributed by atoms with Gasteiger partial charge < -0.3 is 9.64 Å². The van der Waals surface area contributed by atoms with Crippen LogP contribution in [0.1, 0.15) is 36.5 Å². The number of piperidine rings is 1. The van der Waals surface area contributed by atoms with E-state index in [4.69, 9.17) is 4.74 Å². The van der Waals surface area contributed by atoms with Gasteiger partial charge >= 0.3 is 0 Å². The first-order valence-electron chi connectivity index (χ1n) is 10.5. The van der Waals surface area contributed by atoms with Gasteiger partial charge in [-0.05, 0) is 55.9 Å². The zero-order valence-corrected chi connectivity index (χ0v) is 18.1. The van der Waals surface area contributed by atoms with E-state index >= 15 is 0 Å². The van der Waals surface area contributed by atoms with Gasteiger partial charge in [-0.3, -0.25) is 9.59 Å². The van der Waals surface area contributed by atoms with Crippen LogP contribution in [0.5, 0.6) is 5.75 Å². The number of ether oxygens (including phenoxy) is 1. The fourth-order valence-electron chi connectivity index (χ4n) is 4.22. The van der Waals surface area contributed by atoms with Crippen molar-refractivity contribution in [1.82, 2.24) is 4.90 Å². The molecule has 0 bridgehead atoms. The zero-order chi connectivity index (χ0) is 21.4. The van der Waals surface area contributed by atoms with Gasteiger partial charge in [0.05, 0.1) is 18.4 Å². The monoisotopic (exact) mass is 404 g/mol. The van der Waals surface area contributed by atoms with Crippen LogP contribution >= 0.6 is 0 Å². The molecule has 30 heavy (non-hydrogen) atoms. The van der Waals surface area contributed by atoms with E-state index < -0.39 is 0 Å². The summed E-state index contributed by atoms with van der Waals surface area (Å²) in [5.74, 6) is 0.583. The molecule has 0 saturated carbocycles. The standard InChI is InChI=1S/C25H28N2O3/c1-16-5-8-19(9-6-16)22-23(26-13-11-17(2)12-14-26)25(29)27(24(22)28)20-15-18(3)7-10-21(20)30-4/h5-10,15,17H,11-14H2,1-4H3. The van der Waals surface area contributed by atoms with Gasteiger partial charge in [0.15, 0.2) is 0 Å². The van der Waals surface area contributed by atoms with Crippen molar-refractivity contribution in [3.05, 3.63) is 64.9 Å². The smallest absolute Gasteiger partial charge is 0.282 e. The Morgan fingerprint density at radius 1 is 0.900 bits per heavy atom. The number of methoxy groups -OCH3 is 1. The maximum atomic E-state index is 13.7. The normalized spacial score (nSPS) is 17.9. The molecular formula is C25H28N2O3. The molecule has 0 unspecified atom stereocenters. The van der Waals surface area contributed by atoms with Crippen molar-refractivity contribution in [1.29, 1.82) is 0 Å². The SMILES string of the molecule is COc1ccc(C)cc1N1C(=O)C(c2ccc(C)cc2)=C(N2CCC(C)CC2)C1=O. The lowest BCUT2D eigenvalue weighted by Gasteiger charge is -2.32. The fraction of sp³-hybridized carbons (Fsp3) is 0.360. The first-order valence-corrected chi connectivity index (χ1v) is 10.5. The summed E-state index contributed by atoms with van der Waals surface area (Å²) in [5, 5.41) is 0. The number of carbonyl (C=O) groups is 2. The van der Waals surface area contributed by atoms with Crippen LogP contribution in [-0.4, -0.2) is 36.9 Å². The average molecular weight is 405 g/mol. The maximum Gasteiger partial charge on any atom is 0.282 e. The van der Waals surface area contributed by atoms with Crippen molar-refractivity contribution in [2.45, 2.75) is 33.6 Å². The molecule has 1 fully saturated rings. The number of anilines is 1. The molecule has 0 aliphatic carbocycles. The van der Waals surface area contributed by atoms with Crippen LogP contribution in [0.4, 0.5) is 5.69 Å². The number of nitrogens with zero attached hydrogens (tertiary/aromatic N) is 2. The summed E-state index contributed by atoms with van der Waals surface area (Å²) < 4.78 is 5.48. The molecule has 2 aliphatic rings. The number of benzene rings is 2. The number of imide groups is 1. The Morgan fingerprint density at radius 2 is 1.53 bits per heavy atom. The van der Waals surface area contributed by atoms with E-state index in [9.17, 15) is 9.59 Å². The van der Waals surface area contributed by atoms with Crippen molar-refractivity contribution in [3.8, 4) is 5.75 Å². The van der Waals surface area contributed by atoms with Gasteiger partial charge in [0.1, 0.15) is 11.4 Å². The van der Waals surface area contributed by atoms with Gasteiger partial charge in [0.25, 0.3) is 11.8 Å². The molecule has 0 radical (unpaired) electrons. The molecule has 5 nitrogen and oxygen atoms in total. The highest BCUT2D eigenvalue weighted by Gasteiger charge is 2.43. The van der Waals surface area contributed by atoms with Crippen LogP contribution in [0.15, 0.2) is 48.2 Å². The summed E-state index contributed by atoms with van der Waals surface area (Å²) in [5.41, 5.74) is 4.35. The predicted molar refractivity (Wildman–Crippen MR) is 118 cm³/mol. The van der Waals surface area contributed by atoms with E-state index in [1.165, 1.54) is 4.90 Å². The Hall–Kier alpha value is -3.08. The van der Waals surface area contributed by atoms with Crippen molar-refractivity contribution < 1.29 is 14.3 Å². The van der Waals surface area contributed by atoms with Crippen LogP contribution < -0.4 is 9.64 Å². The third kappa shape index (κ3) is 3.49. The quantitative estimate of drug-likeness (QED) is 0.712. The Labute approximate surface area is 177 Å². The second-order valence-electron chi connectivity index (χ2n) is 8.38. The van der Waals surface area contributed by atoms with E-state index in [1.807, 2.05) is 50.2 Å². The lowest BCUT2D eigenvalue weighted by Crippen LogP contribution is -2.38. The van der Waals surface area contributed by atoms with E-state index in [1.54, 1.807) is 13.2 Å². The largest absolute Gasteiger partial charge is 0.495 e. The Bertz CT molecular complexity index is 1020. The second kappa shape index (κ2) is 7.98. The molecule has 4 rings (SSSR count). The Kier molecular flexibility index (Phi) is 5.37. The maximum absolute atomic E-state index is 13.7. The minimum atomic E-state index is -0.290. The van der Waals surface area contributed by atoms with E-state index in [0.717, 1.165) is 42.6 Å². The number of likely N-dealkylation sites (tertiary alicyclic amines) is 1. The number of rotatable bonds is 4. The Morgan fingerprint density at radius 3 is 2.17 bits per heavy atom. The Balaban J connectivity index is 1.84. The lowest BCUT2D eigenvalue weighted by atomic mass is 9.97. The molecule has 2 aromatic carbocycles. The molecule has 0 atom stereocenters. The molecule has 1 saturated heterocycles. The molecule has 156 valence electrons. The van der Waals surface area contributed by atoms with Gasteiger partial charge in [-0.25, -0.2) is 4.90 Å². The summed E-state index contributed by atoms with van der Waals surface area (Å²) in [4.78, 5) is 30.7. The molecule has 2 amide bonds. The molecule has 0 aromatic heterocycles. The molecule has 5 heteroatoms. The van der Waals surface area contributed by atoms with E-state index in [2.05, 4.69) is 11.8 Å². The van der Waals surface area contributed by atoms with Crippen molar-refractivity contribution in [3.63, 3.8) is 0 Å². The fourth-order valence-corrected chi connectivity index (χ4v) is 4.22. The number of hydrogen-bond acceptors (Lipinski definition) is 4. The van der Waals surface area contributed by atoms with Crippen LogP contribution in [-0.2, 0) is 9.59 Å². The molecule has 2 aromatic rings. The summed E-state index contributed by atoms with van der Waals surface area (Å²) in [6.07, 6.45) is 2.03. The summed E-state index contributed by atoms with van der Waals surface area (Å²) in [7, 11) is 1.56. The minimum absolute atomic E-state index is 0.269. The van der Waals surface area contributed by atoms with Crippen LogP contribution in [0.3, 0.4) is 0 Å². The average Bonchev–Trinajstić information content (AvgIpc) is 2.99. The third-order valence-corrected chi connectivity index (χ3v) is 6.07. The number of hydrogen-bond donors (Lipinski definition) is 0. The van der Waals surface area contributed by atoms with Crippen molar-refractivity contribution in [2.24, 2.45) is 5.92 Å². The van der Waals surface area contributed by atoms with Crippen molar-refractivity contribution >= 4 is 23.1 Å². The molecule has 0 spiro atoms. The molecule has 2 aliphatic heterocycles. The third-order valence-electron chi connectivity index (χ3n) is 6.07. The van der Waals surface area contributed by atoms with Crippen LogP contribution in [0.2, 0.25) is 0 Å². The topological polar surface area (TPSA) is 49.9 Å². The molecule has 2 heterocycles. The van der Waals surface area contributed by atoms with Gasteiger partial charge in [-0.2, -0.15) is 0 Å². The lowest BCUT2D eigenvalue weighted by molar-refractivity contribution is -0.120.